The van der Waals surface area contributed by atoms with Crippen LogP contribution in [0.15, 0.2) is 29.2 Å². The van der Waals surface area contributed by atoms with Crippen LogP contribution in [0.4, 0.5) is 0 Å². The fourth-order valence-electron chi connectivity index (χ4n) is 2.49. The number of thioether (sulfide) groups is 1. The van der Waals surface area contributed by atoms with Crippen LogP contribution in [-0.4, -0.2) is 60.1 Å². The number of benzene rings is 1. The molecule has 5 nitrogen and oxygen atoms in total. The lowest BCUT2D eigenvalue weighted by Gasteiger charge is -2.29. The number of thiocarbonyl (C=S) groups is 1. The molecule has 2 fully saturated rings. The molecule has 0 saturated carbocycles. The quantitative estimate of drug-likeness (QED) is 0.613. The molecule has 0 aromatic heterocycles. The van der Waals surface area contributed by atoms with Gasteiger partial charge in [-0.05, 0) is 12.1 Å². The summed E-state index contributed by atoms with van der Waals surface area (Å²) in [6.07, 6.45) is 1.84. The van der Waals surface area contributed by atoms with E-state index in [1.165, 1.54) is 11.8 Å². The van der Waals surface area contributed by atoms with Crippen molar-refractivity contribution in [2.75, 3.05) is 40.1 Å². The highest BCUT2D eigenvalue weighted by atomic mass is 32.2. The molecule has 2 aliphatic heterocycles. The highest BCUT2D eigenvalue weighted by Gasteiger charge is 2.33. The molecular weight excluding hydrogens is 332 g/mol. The Labute approximate surface area is 145 Å². The minimum atomic E-state index is -0.0441. The number of hydrogen-bond acceptors (Lipinski definition) is 6. The first-order chi connectivity index (χ1) is 11.2. The van der Waals surface area contributed by atoms with E-state index in [9.17, 15) is 4.79 Å². The van der Waals surface area contributed by atoms with Gasteiger partial charge in [-0.2, -0.15) is 0 Å². The fraction of sp³-hybridized carbons (Fsp3) is 0.375. The summed E-state index contributed by atoms with van der Waals surface area (Å²) in [5.41, 5.74) is 0.877. The number of hydrogen-bond donors (Lipinski definition) is 0. The topological polar surface area (TPSA) is 42.0 Å². The maximum Gasteiger partial charge on any atom is 0.267 e. The van der Waals surface area contributed by atoms with Crippen molar-refractivity contribution < 1.29 is 14.3 Å². The van der Waals surface area contributed by atoms with Crippen LogP contribution in [0, 0.1) is 0 Å². The lowest BCUT2D eigenvalue weighted by Crippen LogP contribution is -2.45. The van der Waals surface area contributed by atoms with Crippen molar-refractivity contribution in [1.29, 1.82) is 0 Å². The van der Waals surface area contributed by atoms with E-state index in [0.29, 0.717) is 29.1 Å². The second-order valence-corrected chi connectivity index (χ2v) is 6.90. The van der Waals surface area contributed by atoms with E-state index in [-0.39, 0.29) is 5.91 Å². The SMILES string of the molecule is COc1ccccc1/C=C1\SC(=S)N(CN2CCOCC2)C1=O. The number of amides is 1. The summed E-state index contributed by atoms with van der Waals surface area (Å²) in [6, 6.07) is 7.62. The number of morpholine rings is 1. The van der Waals surface area contributed by atoms with E-state index in [1.807, 2.05) is 30.3 Å². The van der Waals surface area contributed by atoms with Gasteiger partial charge in [-0.25, -0.2) is 0 Å². The van der Waals surface area contributed by atoms with Crippen LogP contribution in [0.25, 0.3) is 6.08 Å². The van der Waals surface area contributed by atoms with Crippen molar-refractivity contribution in [3.8, 4) is 5.75 Å². The standard InChI is InChI=1S/C16H18N2O3S2/c1-20-13-5-3-2-4-12(13)10-14-15(19)18(16(22)23-14)11-17-6-8-21-9-7-17/h2-5,10H,6-9,11H2,1H3/b14-10-. The zero-order valence-corrected chi connectivity index (χ0v) is 14.5. The Bertz CT molecular complexity index is 642. The number of para-hydroxylation sites is 1. The van der Waals surface area contributed by atoms with Crippen LogP contribution in [0.1, 0.15) is 5.56 Å². The van der Waals surface area contributed by atoms with Crippen LogP contribution in [0.2, 0.25) is 0 Å². The molecular formula is C16H18N2O3S2. The van der Waals surface area contributed by atoms with Crippen molar-refractivity contribution in [2.24, 2.45) is 0 Å². The third-order valence-electron chi connectivity index (χ3n) is 3.74. The van der Waals surface area contributed by atoms with Gasteiger partial charge in [-0.3, -0.25) is 14.6 Å². The fourth-order valence-corrected chi connectivity index (χ4v) is 3.72. The van der Waals surface area contributed by atoms with Gasteiger partial charge >= 0.3 is 0 Å². The average molecular weight is 350 g/mol. The van der Waals surface area contributed by atoms with Crippen LogP contribution in [0.5, 0.6) is 5.75 Å². The molecule has 122 valence electrons. The largest absolute Gasteiger partial charge is 0.496 e. The third-order valence-corrected chi connectivity index (χ3v) is 5.12. The predicted molar refractivity (Wildman–Crippen MR) is 95.3 cm³/mol. The third kappa shape index (κ3) is 3.74. The summed E-state index contributed by atoms with van der Waals surface area (Å²) < 4.78 is 11.3. The molecule has 0 N–H and O–H groups in total. The second kappa shape index (κ2) is 7.44. The van der Waals surface area contributed by atoms with Crippen molar-refractivity contribution in [2.45, 2.75) is 0 Å². The van der Waals surface area contributed by atoms with Gasteiger partial charge in [0.05, 0.1) is 31.9 Å². The first-order valence-corrected chi connectivity index (χ1v) is 8.60. The molecule has 0 radical (unpaired) electrons. The minimum absolute atomic E-state index is 0.0441. The normalized spacial score (nSPS) is 21.3. The van der Waals surface area contributed by atoms with E-state index in [0.717, 1.165) is 24.4 Å². The second-order valence-electron chi connectivity index (χ2n) is 5.22. The van der Waals surface area contributed by atoms with Crippen molar-refractivity contribution >= 4 is 40.3 Å². The monoisotopic (exact) mass is 350 g/mol. The molecule has 0 unspecified atom stereocenters. The van der Waals surface area contributed by atoms with Crippen LogP contribution >= 0.6 is 24.0 Å². The zero-order chi connectivity index (χ0) is 16.2. The molecule has 7 heteroatoms. The van der Waals surface area contributed by atoms with Gasteiger partial charge in [-0.15, -0.1) is 0 Å². The molecule has 3 rings (SSSR count). The number of rotatable bonds is 4. The maximum atomic E-state index is 12.6. The number of carbonyl (C=O) groups is 1. The number of nitrogens with zero attached hydrogens (tertiary/aromatic N) is 2. The molecule has 1 amide bonds. The molecule has 2 heterocycles. The molecule has 0 atom stereocenters. The van der Waals surface area contributed by atoms with Gasteiger partial charge in [0.1, 0.15) is 10.1 Å². The number of methoxy groups -OCH3 is 1. The van der Waals surface area contributed by atoms with Crippen molar-refractivity contribution in [3.63, 3.8) is 0 Å². The Morgan fingerprint density at radius 1 is 1.35 bits per heavy atom. The maximum absolute atomic E-state index is 12.6. The molecule has 2 saturated heterocycles. The van der Waals surface area contributed by atoms with Gasteiger partial charge in [0, 0.05) is 18.7 Å². The Morgan fingerprint density at radius 2 is 2.09 bits per heavy atom. The Morgan fingerprint density at radius 3 is 2.83 bits per heavy atom. The van der Waals surface area contributed by atoms with Crippen LogP contribution in [0.3, 0.4) is 0 Å². The van der Waals surface area contributed by atoms with Gasteiger partial charge < -0.3 is 9.47 Å². The predicted octanol–water partition coefficient (Wildman–Crippen LogP) is 2.19. The lowest BCUT2D eigenvalue weighted by atomic mass is 10.2. The molecule has 0 bridgehead atoms. The average Bonchev–Trinajstić information content (AvgIpc) is 2.84. The van der Waals surface area contributed by atoms with Gasteiger partial charge in [0.15, 0.2) is 0 Å². The highest BCUT2D eigenvalue weighted by Crippen LogP contribution is 2.34. The van der Waals surface area contributed by atoms with Crippen molar-refractivity contribution in [1.82, 2.24) is 9.80 Å². The Kier molecular flexibility index (Phi) is 5.32. The highest BCUT2D eigenvalue weighted by molar-refractivity contribution is 8.26. The summed E-state index contributed by atoms with van der Waals surface area (Å²) in [4.78, 5) is 17.1. The lowest BCUT2D eigenvalue weighted by molar-refractivity contribution is -0.124. The summed E-state index contributed by atoms with van der Waals surface area (Å²) >= 11 is 6.72. The first kappa shape index (κ1) is 16.4. The van der Waals surface area contributed by atoms with E-state index in [1.54, 1.807) is 12.0 Å². The zero-order valence-electron chi connectivity index (χ0n) is 12.9. The minimum Gasteiger partial charge on any atom is -0.496 e. The van der Waals surface area contributed by atoms with E-state index < -0.39 is 0 Å². The molecule has 23 heavy (non-hydrogen) atoms. The van der Waals surface area contributed by atoms with Crippen LogP contribution < -0.4 is 4.74 Å². The smallest absolute Gasteiger partial charge is 0.267 e. The number of carbonyl (C=O) groups excluding carboxylic acids is 1. The molecule has 1 aromatic carbocycles. The molecule has 0 spiro atoms. The summed E-state index contributed by atoms with van der Waals surface area (Å²) in [6.45, 7) is 3.57. The van der Waals surface area contributed by atoms with Gasteiger partial charge in [-0.1, -0.05) is 42.2 Å². The van der Waals surface area contributed by atoms with E-state index >= 15 is 0 Å². The number of ether oxygens (including phenoxy) is 2. The molecule has 2 aliphatic rings. The van der Waals surface area contributed by atoms with E-state index in [4.69, 9.17) is 21.7 Å². The summed E-state index contributed by atoms with van der Waals surface area (Å²) in [5.74, 6) is 0.698. The van der Waals surface area contributed by atoms with Gasteiger partial charge in [0.25, 0.3) is 5.91 Å². The van der Waals surface area contributed by atoms with Crippen molar-refractivity contribution in [3.05, 3.63) is 34.7 Å². The van der Waals surface area contributed by atoms with Crippen LogP contribution in [-0.2, 0) is 9.53 Å². The first-order valence-electron chi connectivity index (χ1n) is 7.37. The molecule has 1 aromatic rings. The van der Waals surface area contributed by atoms with Gasteiger partial charge in [0.2, 0.25) is 0 Å². The Hall–Kier alpha value is -1.41. The summed E-state index contributed by atoms with van der Waals surface area (Å²) in [5, 5.41) is 0. The Balaban J connectivity index is 1.76. The molecule has 0 aliphatic carbocycles. The summed E-state index contributed by atoms with van der Waals surface area (Å²) in [7, 11) is 1.62. The van der Waals surface area contributed by atoms with E-state index in [2.05, 4.69) is 4.90 Å².